The zero-order valence-corrected chi connectivity index (χ0v) is 14.4. The summed E-state index contributed by atoms with van der Waals surface area (Å²) in [6.07, 6.45) is 3.90. The predicted molar refractivity (Wildman–Crippen MR) is 91.2 cm³/mol. The van der Waals surface area contributed by atoms with Crippen LogP contribution in [0.1, 0.15) is 38.2 Å². The average molecular weight is 345 g/mol. The Balaban J connectivity index is 2.13. The van der Waals surface area contributed by atoms with E-state index >= 15 is 0 Å². The fourth-order valence-corrected chi connectivity index (χ4v) is 4.63. The Hall–Kier alpha value is -1.14. The number of non-ortho nitro benzene ring substituents is 1. The molecule has 7 heteroatoms. The van der Waals surface area contributed by atoms with E-state index in [2.05, 4.69) is 5.32 Å². The van der Waals surface area contributed by atoms with Crippen molar-refractivity contribution in [3.63, 3.8) is 0 Å². The summed E-state index contributed by atoms with van der Waals surface area (Å²) in [6.45, 7) is 3.76. The van der Waals surface area contributed by atoms with Gasteiger partial charge in [-0.15, -0.1) is 0 Å². The minimum Gasteiger partial charge on any atom is -0.381 e. The fraction of sp³-hybridized carbons (Fsp3) is 0.600. The normalized spacial score (nSPS) is 23.0. The summed E-state index contributed by atoms with van der Waals surface area (Å²) < 4.78 is 12.0. The van der Waals surface area contributed by atoms with Gasteiger partial charge in [0, 0.05) is 40.0 Å². The van der Waals surface area contributed by atoms with Gasteiger partial charge in [0.05, 0.1) is 15.6 Å². The standard InChI is InChI=1S/C15H21ClN2O3S/c1-3-22(21)13-6-4-5-11(8-13)17-15-10(2)7-12(18(19)20)9-14(15)16/h7,9,11,13,17H,3-6,8H2,1-2H3. The topological polar surface area (TPSA) is 72.2 Å². The van der Waals surface area contributed by atoms with Gasteiger partial charge in [-0.05, 0) is 31.7 Å². The lowest BCUT2D eigenvalue weighted by Crippen LogP contribution is -2.33. The van der Waals surface area contributed by atoms with E-state index in [1.165, 1.54) is 12.1 Å². The van der Waals surface area contributed by atoms with Gasteiger partial charge in [0.2, 0.25) is 0 Å². The molecule has 1 aliphatic carbocycles. The van der Waals surface area contributed by atoms with Crippen molar-refractivity contribution >= 4 is 33.8 Å². The number of nitrogens with one attached hydrogen (secondary N) is 1. The maximum absolute atomic E-state index is 12.0. The van der Waals surface area contributed by atoms with Gasteiger partial charge in [-0.2, -0.15) is 0 Å². The molecule has 1 fully saturated rings. The molecule has 3 atom stereocenters. The quantitative estimate of drug-likeness (QED) is 0.646. The van der Waals surface area contributed by atoms with Crippen molar-refractivity contribution in [3.8, 4) is 0 Å². The third kappa shape index (κ3) is 3.98. The van der Waals surface area contributed by atoms with Gasteiger partial charge in [0.25, 0.3) is 5.69 Å². The summed E-state index contributed by atoms with van der Waals surface area (Å²) in [5.41, 5.74) is 1.51. The van der Waals surface area contributed by atoms with Crippen LogP contribution in [-0.4, -0.2) is 26.2 Å². The number of benzene rings is 1. The van der Waals surface area contributed by atoms with E-state index in [1.54, 1.807) is 0 Å². The molecule has 0 bridgehead atoms. The third-order valence-electron chi connectivity index (χ3n) is 4.11. The average Bonchev–Trinajstić information content (AvgIpc) is 2.50. The van der Waals surface area contributed by atoms with Crippen LogP contribution < -0.4 is 5.32 Å². The smallest absolute Gasteiger partial charge is 0.271 e. The molecule has 122 valence electrons. The van der Waals surface area contributed by atoms with E-state index in [4.69, 9.17) is 11.6 Å². The van der Waals surface area contributed by atoms with Crippen molar-refractivity contribution < 1.29 is 9.13 Å². The van der Waals surface area contributed by atoms with Gasteiger partial charge in [-0.1, -0.05) is 24.9 Å². The van der Waals surface area contributed by atoms with Crippen LogP contribution in [0.15, 0.2) is 12.1 Å². The number of nitrogens with zero attached hydrogens (tertiary/aromatic N) is 1. The molecule has 5 nitrogen and oxygen atoms in total. The SMILES string of the molecule is CCS(=O)C1CCCC(Nc2c(C)cc([N+](=O)[O-])cc2Cl)C1. The number of anilines is 1. The van der Waals surface area contributed by atoms with E-state index < -0.39 is 15.7 Å². The Bertz CT molecular complexity index is 571. The molecule has 0 aliphatic heterocycles. The van der Waals surface area contributed by atoms with Crippen LogP contribution in [0, 0.1) is 17.0 Å². The Morgan fingerprint density at radius 1 is 1.45 bits per heavy atom. The molecule has 0 amide bonds. The number of nitro groups is 1. The summed E-state index contributed by atoms with van der Waals surface area (Å²) in [4.78, 5) is 10.4. The Labute approximate surface area is 138 Å². The molecule has 1 aliphatic rings. The first-order valence-electron chi connectivity index (χ1n) is 7.50. The fourth-order valence-electron chi connectivity index (χ4n) is 2.97. The lowest BCUT2D eigenvalue weighted by molar-refractivity contribution is -0.384. The van der Waals surface area contributed by atoms with Crippen LogP contribution in [0.25, 0.3) is 0 Å². The van der Waals surface area contributed by atoms with E-state index in [9.17, 15) is 14.3 Å². The minimum atomic E-state index is -0.775. The van der Waals surface area contributed by atoms with Crippen molar-refractivity contribution in [3.05, 3.63) is 32.8 Å². The van der Waals surface area contributed by atoms with Crippen molar-refractivity contribution in [1.29, 1.82) is 0 Å². The maximum Gasteiger partial charge on any atom is 0.271 e. The van der Waals surface area contributed by atoms with E-state index in [-0.39, 0.29) is 17.0 Å². The van der Waals surface area contributed by atoms with Crippen LogP contribution in [0.2, 0.25) is 5.02 Å². The van der Waals surface area contributed by atoms with Crippen molar-refractivity contribution in [2.75, 3.05) is 11.1 Å². The second kappa shape index (κ2) is 7.42. The summed E-state index contributed by atoms with van der Waals surface area (Å²) in [5.74, 6) is 0.689. The number of hydrogen-bond donors (Lipinski definition) is 1. The van der Waals surface area contributed by atoms with Crippen molar-refractivity contribution in [1.82, 2.24) is 0 Å². The zero-order valence-electron chi connectivity index (χ0n) is 12.8. The van der Waals surface area contributed by atoms with Gasteiger partial charge >= 0.3 is 0 Å². The number of aryl methyl sites for hydroxylation is 1. The highest BCUT2D eigenvalue weighted by Gasteiger charge is 2.26. The van der Waals surface area contributed by atoms with Gasteiger partial charge in [-0.3, -0.25) is 14.3 Å². The second-order valence-corrected chi connectivity index (χ2v) is 8.09. The van der Waals surface area contributed by atoms with E-state index in [0.717, 1.165) is 36.9 Å². The first-order chi connectivity index (χ1) is 10.4. The molecule has 2 rings (SSSR count). The summed E-state index contributed by atoms with van der Waals surface area (Å²) in [5, 5.41) is 14.9. The molecule has 3 unspecified atom stereocenters. The van der Waals surface area contributed by atoms with Crippen LogP contribution in [-0.2, 0) is 10.8 Å². The second-order valence-electron chi connectivity index (χ2n) is 5.68. The predicted octanol–water partition coefficient (Wildman–Crippen LogP) is 4.05. The highest BCUT2D eigenvalue weighted by molar-refractivity contribution is 7.85. The Morgan fingerprint density at radius 3 is 2.77 bits per heavy atom. The summed E-state index contributed by atoms with van der Waals surface area (Å²) in [7, 11) is -0.775. The number of rotatable bonds is 5. The monoisotopic (exact) mass is 344 g/mol. The lowest BCUT2D eigenvalue weighted by atomic mass is 9.94. The molecule has 1 saturated carbocycles. The van der Waals surface area contributed by atoms with Crippen LogP contribution in [0.4, 0.5) is 11.4 Å². The van der Waals surface area contributed by atoms with Crippen molar-refractivity contribution in [2.24, 2.45) is 0 Å². The lowest BCUT2D eigenvalue weighted by Gasteiger charge is -2.30. The Kier molecular flexibility index (Phi) is 5.81. The highest BCUT2D eigenvalue weighted by Crippen LogP contribution is 2.33. The molecular weight excluding hydrogens is 324 g/mol. The van der Waals surface area contributed by atoms with Gasteiger partial charge < -0.3 is 5.32 Å². The van der Waals surface area contributed by atoms with E-state index in [0.29, 0.717) is 10.8 Å². The minimum absolute atomic E-state index is 0.00153. The molecule has 22 heavy (non-hydrogen) atoms. The zero-order chi connectivity index (χ0) is 16.3. The molecule has 0 spiro atoms. The van der Waals surface area contributed by atoms with Crippen LogP contribution in [0.5, 0.6) is 0 Å². The molecule has 0 saturated heterocycles. The van der Waals surface area contributed by atoms with Crippen molar-refractivity contribution in [2.45, 2.75) is 50.8 Å². The molecule has 1 aromatic rings. The summed E-state index contributed by atoms with van der Waals surface area (Å²) in [6, 6.07) is 3.12. The molecule has 0 heterocycles. The third-order valence-corrected chi connectivity index (χ3v) is 6.15. The molecule has 1 aromatic carbocycles. The molecular formula is C15H21ClN2O3S. The number of halogens is 1. The van der Waals surface area contributed by atoms with Gasteiger partial charge in [-0.25, -0.2) is 0 Å². The van der Waals surface area contributed by atoms with Gasteiger partial charge in [0.1, 0.15) is 0 Å². The number of nitro benzene ring substituents is 1. The maximum atomic E-state index is 12.0. The molecule has 0 aromatic heterocycles. The highest BCUT2D eigenvalue weighted by atomic mass is 35.5. The number of hydrogen-bond acceptors (Lipinski definition) is 4. The molecule has 0 radical (unpaired) electrons. The van der Waals surface area contributed by atoms with E-state index in [1.807, 2.05) is 13.8 Å². The van der Waals surface area contributed by atoms with Crippen LogP contribution >= 0.6 is 11.6 Å². The van der Waals surface area contributed by atoms with Gasteiger partial charge in [0.15, 0.2) is 0 Å². The first kappa shape index (κ1) is 17.2. The largest absolute Gasteiger partial charge is 0.381 e. The van der Waals surface area contributed by atoms with Crippen LogP contribution in [0.3, 0.4) is 0 Å². The first-order valence-corrected chi connectivity index (χ1v) is 9.26. The summed E-state index contributed by atoms with van der Waals surface area (Å²) >= 11 is 6.20. The Morgan fingerprint density at radius 2 is 2.18 bits per heavy atom. The molecule has 1 N–H and O–H groups in total.